The first-order chi connectivity index (χ1) is 10.6. The van der Waals surface area contributed by atoms with Gasteiger partial charge in [0.15, 0.2) is 0 Å². The second-order valence-corrected chi connectivity index (χ2v) is 6.08. The molecule has 1 aliphatic heterocycles. The van der Waals surface area contributed by atoms with Crippen LogP contribution in [0.25, 0.3) is 0 Å². The average molecular weight is 362 g/mol. The van der Waals surface area contributed by atoms with Gasteiger partial charge in [-0.15, -0.1) is 12.4 Å². The predicted molar refractivity (Wildman–Crippen MR) is 97.0 cm³/mol. The number of anilines is 1. The molecule has 0 saturated carbocycles. The second-order valence-electron chi connectivity index (χ2n) is 5.67. The number of nitrogens with zero attached hydrogens (tertiary/aromatic N) is 1. The van der Waals surface area contributed by atoms with Crippen LogP contribution in [0.4, 0.5) is 5.69 Å². The summed E-state index contributed by atoms with van der Waals surface area (Å²) in [6.45, 7) is 3.44. The normalized spacial score (nSPS) is 15.8. The summed E-state index contributed by atoms with van der Waals surface area (Å²) < 4.78 is 5.10. The highest BCUT2D eigenvalue weighted by Crippen LogP contribution is 2.27. The van der Waals surface area contributed by atoms with E-state index in [0.717, 1.165) is 38.4 Å². The number of carbonyl (C=O) groups is 1. The minimum atomic E-state index is -0.00620. The van der Waals surface area contributed by atoms with Gasteiger partial charge < -0.3 is 15.4 Å². The summed E-state index contributed by atoms with van der Waals surface area (Å²) in [4.78, 5) is 14.3. The van der Waals surface area contributed by atoms with Crippen LogP contribution in [0.1, 0.15) is 12.8 Å². The molecule has 130 valence electrons. The molecular formula is C16H25Cl2N3O2. The number of likely N-dealkylation sites (tertiary alicyclic amines) is 1. The van der Waals surface area contributed by atoms with Crippen LogP contribution in [0.2, 0.25) is 5.02 Å². The molecule has 0 atom stereocenters. The highest BCUT2D eigenvalue weighted by molar-refractivity contribution is 6.32. The lowest BCUT2D eigenvalue weighted by Gasteiger charge is -2.31. The third kappa shape index (κ3) is 6.18. The zero-order valence-electron chi connectivity index (χ0n) is 13.6. The summed E-state index contributed by atoms with van der Waals surface area (Å²) in [5.74, 6) is 1.32. The van der Waals surface area contributed by atoms with Crippen LogP contribution in [0.5, 0.6) is 5.75 Å². The quantitative estimate of drug-likeness (QED) is 0.817. The maximum Gasteiger partial charge on any atom is 0.238 e. The molecule has 1 aromatic carbocycles. The minimum absolute atomic E-state index is 0. The molecule has 23 heavy (non-hydrogen) atoms. The lowest BCUT2D eigenvalue weighted by Crippen LogP contribution is -2.40. The van der Waals surface area contributed by atoms with Gasteiger partial charge in [-0.2, -0.15) is 0 Å². The highest BCUT2D eigenvalue weighted by atomic mass is 35.5. The summed E-state index contributed by atoms with van der Waals surface area (Å²) in [5.41, 5.74) is 0.695. The minimum Gasteiger partial charge on any atom is -0.495 e. The molecule has 0 bridgehead atoms. The number of amides is 1. The zero-order valence-corrected chi connectivity index (χ0v) is 15.2. The number of hydrogen-bond acceptors (Lipinski definition) is 4. The molecule has 2 N–H and O–H groups in total. The van der Waals surface area contributed by atoms with E-state index in [1.807, 2.05) is 7.05 Å². The zero-order chi connectivity index (χ0) is 15.9. The molecule has 0 radical (unpaired) electrons. The second kappa shape index (κ2) is 9.98. The Hall–Kier alpha value is -1.01. The standard InChI is InChI=1S/C16H24ClN3O2.ClH/c1-18-10-12-5-7-20(8-6-12)11-16(21)19-13-3-4-15(22-2)14(17)9-13;/h3-4,9,12,18H,5-8,10-11H2,1-2H3,(H,19,21);1H. The molecule has 0 spiro atoms. The summed E-state index contributed by atoms with van der Waals surface area (Å²) in [6, 6.07) is 5.25. The fourth-order valence-electron chi connectivity index (χ4n) is 2.79. The molecule has 0 aliphatic carbocycles. The third-order valence-electron chi connectivity index (χ3n) is 4.00. The smallest absolute Gasteiger partial charge is 0.238 e. The van der Waals surface area contributed by atoms with Crippen molar-refractivity contribution in [2.75, 3.05) is 45.7 Å². The number of nitrogens with one attached hydrogen (secondary N) is 2. The molecule has 1 fully saturated rings. The van der Waals surface area contributed by atoms with Crippen molar-refractivity contribution in [2.24, 2.45) is 5.92 Å². The van der Waals surface area contributed by atoms with E-state index in [-0.39, 0.29) is 18.3 Å². The Morgan fingerprint density at radius 2 is 2.09 bits per heavy atom. The molecule has 1 aromatic rings. The number of hydrogen-bond donors (Lipinski definition) is 2. The first-order valence-corrected chi connectivity index (χ1v) is 8.00. The largest absolute Gasteiger partial charge is 0.495 e. The van der Waals surface area contributed by atoms with Crippen molar-refractivity contribution in [3.05, 3.63) is 23.2 Å². The van der Waals surface area contributed by atoms with Crippen molar-refractivity contribution in [2.45, 2.75) is 12.8 Å². The molecule has 7 heteroatoms. The number of piperidine rings is 1. The lowest BCUT2D eigenvalue weighted by molar-refractivity contribution is -0.117. The van der Waals surface area contributed by atoms with E-state index in [4.69, 9.17) is 16.3 Å². The fraction of sp³-hybridized carbons (Fsp3) is 0.562. The van der Waals surface area contributed by atoms with Crippen LogP contribution in [-0.4, -0.2) is 51.1 Å². The summed E-state index contributed by atoms with van der Waals surface area (Å²) in [5, 5.41) is 6.60. The van der Waals surface area contributed by atoms with E-state index in [1.54, 1.807) is 25.3 Å². The van der Waals surface area contributed by atoms with E-state index in [1.165, 1.54) is 0 Å². The van der Waals surface area contributed by atoms with Crippen molar-refractivity contribution in [3.63, 3.8) is 0 Å². The van der Waals surface area contributed by atoms with Crippen molar-refractivity contribution in [1.29, 1.82) is 0 Å². The van der Waals surface area contributed by atoms with E-state index in [2.05, 4.69) is 15.5 Å². The van der Waals surface area contributed by atoms with Crippen molar-refractivity contribution in [1.82, 2.24) is 10.2 Å². The number of halogens is 2. The monoisotopic (exact) mass is 361 g/mol. The van der Waals surface area contributed by atoms with Crippen molar-refractivity contribution < 1.29 is 9.53 Å². The SMILES string of the molecule is CNCC1CCN(CC(=O)Nc2ccc(OC)c(Cl)c2)CC1.Cl. The molecule has 0 unspecified atom stereocenters. The molecule has 2 rings (SSSR count). The summed E-state index contributed by atoms with van der Waals surface area (Å²) in [6.07, 6.45) is 2.28. The molecule has 5 nitrogen and oxygen atoms in total. The Bertz CT molecular complexity index is 506. The van der Waals surface area contributed by atoms with Crippen LogP contribution in [0.3, 0.4) is 0 Å². The summed E-state index contributed by atoms with van der Waals surface area (Å²) >= 11 is 6.06. The fourth-order valence-corrected chi connectivity index (χ4v) is 3.04. The Balaban J connectivity index is 0.00000264. The van der Waals surface area contributed by atoms with E-state index in [9.17, 15) is 4.79 Å². The van der Waals surface area contributed by atoms with Gasteiger partial charge in [0.05, 0.1) is 18.7 Å². The Labute approximate surface area is 149 Å². The van der Waals surface area contributed by atoms with E-state index < -0.39 is 0 Å². The van der Waals surface area contributed by atoms with Crippen LogP contribution in [-0.2, 0) is 4.79 Å². The maximum atomic E-state index is 12.1. The van der Waals surface area contributed by atoms with E-state index in [0.29, 0.717) is 23.0 Å². The van der Waals surface area contributed by atoms with Crippen LogP contribution in [0, 0.1) is 5.92 Å². The molecule has 0 aromatic heterocycles. The molecular weight excluding hydrogens is 337 g/mol. The van der Waals surface area contributed by atoms with Gasteiger partial charge in [-0.25, -0.2) is 0 Å². The number of benzene rings is 1. The van der Waals surface area contributed by atoms with Gasteiger partial charge in [-0.05, 0) is 63.6 Å². The van der Waals surface area contributed by atoms with Crippen LogP contribution >= 0.6 is 24.0 Å². The first-order valence-electron chi connectivity index (χ1n) is 7.62. The number of methoxy groups -OCH3 is 1. The first kappa shape index (κ1) is 20.0. The van der Waals surface area contributed by atoms with Crippen LogP contribution < -0.4 is 15.4 Å². The van der Waals surface area contributed by atoms with Gasteiger partial charge >= 0.3 is 0 Å². The number of carbonyl (C=O) groups excluding carboxylic acids is 1. The lowest BCUT2D eigenvalue weighted by atomic mass is 9.97. The molecule has 1 amide bonds. The van der Waals surface area contributed by atoms with Gasteiger partial charge in [0.25, 0.3) is 0 Å². The Morgan fingerprint density at radius 3 is 2.65 bits per heavy atom. The molecule has 1 heterocycles. The van der Waals surface area contributed by atoms with Gasteiger partial charge in [-0.3, -0.25) is 9.69 Å². The topological polar surface area (TPSA) is 53.6 Å². The maximum absolute atomic E-state index is 12.1. The highest BCUT2D eigenvalue weighted by Gasteiger charge is 2.20. The summed E-state index contributed by atoms with van der Waals surface area (Å²) in [7, 11) is 3.55. The number of ether oxygens (including phenoxy) is 1. The van der Waals surface area contributed by atoms with Crippen molar-refractivity contribution in [3.8, 4) is 5.75 Å². The predicted octanol–water partition coefficient (Wildman–Crippen LogP) is 2.64. The Kier molecular flexibility index (Phi) is 8.69. The van der Waals surface area contributed by atoms with E-state index >= 15 is 0 Å². The van der Waals surface area contributed by atoms with Gasteiger partial charge in [-0.1, -0.05) is 11.6 Å². The average Bonchev–Trinajstić information content (AvgIpc) is 2.50. The van der Waals surface area contributed by atoms with Gasteiger partial charge in [0, 0.05) is 5.69 Å². The van der Waals surface area contributed by atoms with Crippen LogP contribution in [0.15, 0.2) is 18.2 Å². The number of rotatable bonds is 6. The molecule has 1 saturated heterocycles. The van der Waals surface area contributed by atoms with Gasteiger partial charge in [0.2, 0.25) is 5.91 Å². The Morgan fingerprint density at radius 1 is 1.39 bits per heavy atom. The molecule has 1 aliphatic rings. The third-order valence-corrected chi connectivity index (χ3v) is 4.30. The van der Waals surface area contributed by atoms with Gasteiger partial charge in [0.1, 0.15) is 5.75 Å². The van der Waals surface area contributed by atoms with Crippen molar-refractivity contribution >= 4 is 35.6 Å².